The zero-order valence-electron chi connectivity index (χ0n) is 12.3. The number of fused-ring (bicyclic) bond motifs is 1. The van der Waals surface area contributed by atoms with Gasteiger partial charge in [-0.1, -0.05) is 55.6 Å². The third kappa shape index (κ3) is 3.65. The predicted octanol–water partition coefficient (Wildman–Crippen LogP) is 6.14. The van der Waals surface area contributed by atoms with Crippen LogP contribution in [0.1, 0.15) is 40.2 Å². The van der Waals surface area contributed by atoms with Crippen LogP contribution in [0.4, 0.5) is 0 Å². The molecule has 1 aliphatic carbocycles. The highest BCUT2D eigenvalue weighted by Crippen LogP contribution is 2.38. The highest BCUT2D eigenvalue weighted by Gasteiger charge is 2.27. The van der Waals surface area contributed by atoms with Crippen molar-refractivity contribution in [2.24, 2.45) is 0 Å². The lowest BCUT2D eigenvalue weighted by Crippen LogP contribution is -2.18. The van der Waals surface area contributed by atoms with Crippen LogP contribution in [0.15, 0.2) is 40.9 Å². The second-order valence-corrected chi connectivity index (χ2v) is 7.50. The Morgan fingerprint density at radius 3 is 2.87 bits per heavy atom. The third-order valence-corrected chi connectivity index (χ3v) is 5.86. The van der Waals surface area contributed by atoms with Crippen molar-refractivity contribution in [2.45, 2.75) is 25.4 Å². The topological polar surface area (TPSA) is 26.3 Å². The van der Waals surface area contributed by atoms with Gasteiger partial charge in [-0.05, 0) is 42.2 Å². The van der Waals surface area contributed by atoms with Crippen molar-refractivity contribution < 1.29 is 9.53 Å². The number of carbonyl (C=O) groups is 1. The average Bonchev–Trinajstić information content (AvgIpc) is 2.56. The normalized spacial score (nSPS) is 17.0. The summed E-state index contributed by atoms with van der Waals surface area (Å²) in [5, 5.41) is 1.52. The van der Waals surface area contributed by atoms with E-state index >= 15 is 0 Å². The van der Waals surface area contributed by atoms with Crippen molar-refractivity contribution in [2.75, 3.05) is 5.33 Å². The molecule has 0 spiro atoms. The van der Waals surface area contributed by atoms with Crippen LogP contribution in [-0.2, 0) is 6.61 Å². The maximum Gasteiger partial charge on any atom is 0.166 e. The lowest BCUT2D eigenvalue weighted by molar-refractivity contribution is 0.0963. The lowest BCUT2D eigenvalue weighted by atomic mass is 9.83. The van der Waals surface area contributed by atoms with E-state index in [9.17, 15) is 4.79 Å². The fraction of sp³-hybridized carbons (Fsp3) is 0.278. The van der Waals surface area contributed by atoms with Crippen molar-refractivity contribution in [1.29, 1.82) is 0 Å². The van der Waals surface area contributed by atoms with Crippen molar-refractivity contribution in [1.82, 2.24) is 0 Å². The maximum absolute atomic E-state index is 12.4. The summed E-state index contributed by atoms with van der Waals surface area (Å²) in [4.78, 5) is 12.4. The van der Waals surface area contributed by atoms with Gasteiger partial charge in [0.25, 0.3) is 0 Å². The van der Waals surface area contributed by atoms with Crippen LogP contribution in [0.2, 0.25) is 5.02 Å². The van der Waals surface area contributed by atoms with Gasteiger partial charge in [0.05, 0.1) is 5.56 Å². The number of alkyl halides is 1. The second-order valence-electron chi connectivity index (χ2n) is 5.56. The summed E-state index contributed by atoms with van der Waals surface area (Å²) < 4.78 is 6.91. The van der Waals surface area contributed by atoms with E-state index in [2.05, 4.69) is 31.9 Å². The quantitative estimate of drug-likeness (QED) is 0.515. The minimum atomic E-state index is 0.165. The highest BCUT2D eigenvalue weighted by molar-refractivity contribution is 9.10. The van der Waals surface area contributed by atoms with Crippen LogP contribution in [0.3, 0.4) is 0 Å². The predicted molar refractivity (Wildman–Crippen MR) is 100 cm³/mol. The first-order chi connectivity index (χ1) is 11.1. The minimum Gasteiger partial charge on any atom is -0.488 e. The molecule has 2 aromatic rings. The maximum atomic E-state index is 12.4. The molecule has 0 fully saturated rings. The van der Waals surface area contributed by atoms with Crippen LogP contribution in [0, 0.1) is 0 Å². The van der Waals surface area contributed by atoms with E-state index in [1.165, 1.54) is 0 Å². The lowest BCUT2D eigenvalue weighted by Gasteiger charge is -2.25. The van der Waals surface area contributed by atoms with E-state index in [-0.39, 0.29) is 5.78 Å². The van der Waals surface area contributed by atoms with E-state index in [1.54, 1.807) is 0 Å². The Hall–Kier alpha value is -0.840. The van der Waals surface area contributed by atoms with Crippen molar-refractivity contribution >= 4 is 49.2 Å². The van der Waals surface area contributed by atoms with Gasteiger partial charge < -0.3 is 4.74 Å². The molecule has 120 valence electrons. The Bertz CT molecular complexity index is 746. The molecule has 23 heavy (non-hydrogen) atoms. The Morgan fingerprint density at radius 2 is 2.09 bits per heavy atom. The number of ether oxygens (including phenoxy) is 1. The van der Waals surface area contributed by atoms with Gasteiger partial charge in [-0.25, -0.2) is 0 Å². The Balaban J connectivity index is 1.89. The van der Waals surface area contributed by atoms with Gasteiger partial charge in [0.15, 0.2) is 5.78 Å². The van der Waals surface area contributed by atoms with E-state index in [0.717, 1.165) is 32.9 Å². The summed E-state index contributed by atoms with van der Waals surface area (Å²) in [5.41, 5.74) is 2.78. The van der Waals surface area contributed by atoms with Crippen molar-refractivity contribution in [3.05, 3.63) is 62.6 Å². The summed E-state index contributed by atoms with van der Waals surface area (Å²) >= 11 is 13.1. The monoisotopic (exact) mass is 456 g/mol. The summed E-state index contributed by atoms with van der Waals surface area (Å²) in [6.45, 7) is 0.365. The zero-order chi connectivity index (χ0) is 16.4. The smallest absolute Gasteiger partial charge is 0.166 e. The zero-order valence-corrected chi connectivity index (χ0v) is 16.2. The van der Waals surface area contributed by atoms with Gasteiger partial charge in [0, 0.05) is 26.8 Å². The number of ketones is 1. The van der Waals surface area contributed by atoms with E-state index in [1.807, 2.05) is 36.4 Å². The van der Waals surface area contributed by atoms with E-state index in [0.29, 0.717) is 29.7 Å². The molecule has 0 heterocycles. The molecule has 2 nitrogen and oxygen atoms in total. The largest absolute Gasteiger partial charge is 0.488 e. The Kier molecular flexibility index (Phi) is 5.45. The molecule has 1 aliphatic rings. The molecule has 1 unspecified atom stereocenters. The summed E-state index contributed by atoms with van der Waals surface area (Å²) in [5.74, 6) is 1.19. The molecule has 1 atom stereocenters. The molecule has 0 bridgehead atoms. The van der Waals surface area contributed by atoms with Gasteiger partial charge in [-0.2, -0.15) is 0 Å². The van der Waals surface area contributed by atoms with Crippen LogP contribution in [0.25, 0.3) is 0 Å². The first kappa shape index (κ1) is 17.0. The number of rotatable bonds is 4. The van der Waals surface area contributed by atoms with Gasteiger partial charge in [0.1, 0.15) is 12.4 Å². The summed E-state index contributed by atoms with van der Waals surface area (Å²) in [6, 6.07) is 11.4. The molecule has 0 saturated heterocycles. The van der Waals surface area contributed by atoms with Gasteiger partial charge in [-0.15, -0.1) is 0 Å². The number of benzene rings is 2. The van der Waals surface area contributed by atoms with Crippen LogP contribution < -0.4 is 4.74 Å². The van der Waals surface area contributed by atoms with Gasteiger partial charge >= 0.3 is 0 Å². The number of hydrogen-bond donors (Lipinski definition) is 0. The first-order valence-electron chi connectivity index (χ1n) is 7.39. The van der Waals surface area contributed by atoms with Crippen molar-refractivity contribution in [3.63, 3.8) is 0 Å². The molecular formula is C18H15Br2ClO2. The van der Waals surface area contributed by atoms with E-state index < -0.39 is 0 Å². The highest BCUT2D eigenvalue weighted by atomic mass is 79.9. The Morgan fingerprint density at radius 1 is 1.26 bits per heavy atom. The standard InChI is InChI=1S/C18H15Br2ClO2/c19-9-11-4-7-16(22)18-14(11)2-1-3-17(18)23-10-12-8-13(21)5-6-15(12)20/h1-3,5-6,8,11H,4,7,9-10H2. The van der Waals surface area contributed by atoms with E-state index in [4.69, 9.17) is 16.3 Å². The molecule has 0 N–H and O–H groups in total. The molecule has 5 heteroatoms. The average molecular weight is 459 g/mol. The van der Waals surface area contributed by atoms with Crippen LogP contribution >= 0.6 is 43.5 Å². The van der Waals surface area contributed by atoms with Crippen LogP contribution in [-0.4, -0.2) is 11.1 Å². The number of halogens is 3. The summed E-state index contributed by atoms with van der Waals surface area (Å²) in [7, 11) is 0. The minimum absolute atomic E-state index is 0.165. The fourth-order valence-electron chi connectivity index (χ4n) is 2.86. The summed E-state index contributed by atoms with van der Waals surface area (Å²) in [6.07, 6.45) is 1.46. The number of hydrogen-bond acceptors (Lipinski definition) is 2. The molecule has 0 saturated carbocycles. The molecule has 0 radical (unpaired) electrons. The number of Topliss-reactive ketones (excluding diaryl/α,β-unsaturated/α-hetero) is 1. The first-order valence-corrected chi connectivity index (χ1v) is 9.68. The fourth-order valence-corrected chi connectivity index (χ4v) is 4.09. The molecule has 0 amide bonds. The molecule has 2 aromatic carbocycles. The molecule has 0 aromatic heterocycles. The van der Waals surface area contributed by atoms with Crippen LogP contribution in [0.5, 0.6) is 5.75 Å². The van der Waals surface area contributed by atoms with Gasteiger partial charge in [-0.3, -0.25) is 4.79 Å². The molecule has 3 rings (SSSR count). The second kappa shape index (κ2) is 7.37. The SMILES string of the molecule is O=C1CCC(CBr)c2cccc(OCc3cc(Cl)ccc3Br)c21. The van der Waals surface area contributed by atoms with Crippen molar-refractivity contribution in [3.8, 4) is 5.75 Å². The van der Waals surface area contributed by atoms with Gasteiger partial charge in [0.2, 0.25) is 0 Å². The molecule has 0 aliphatic heterocycles. The molecular weight excluding hydrogens is 443 g/mol. The third-order valence-electron chi connectivity index (χ3n) is 4.07. The Labute approximate surface area is 157 Å². The number of carbonyl (C=O) groups excluding carboxylic acids is 1.